The molecule has 0 bridgehead atoms. The summed E-state index contributed by atoms with van der Waals surface area (Å²) in [5, 5.41) is 3.22. The molecule has 162 valence electrons. The Bertz CT molecular complexity index is 867. The number of ether oxygens (including phenoxy) is 2. The largest absolute Gasteiger partial charge is 0.445 e. The summed E-state index contributed by atoms with van der Waals surface area (Å²) in [4.78, 5) is 19.0. The van der Waals surface area contributed by atoms with Crippen molar-refractivity contribution in [3.05, 3.63) is 52.5 Å². The molecule has 2 aliphatic heterocycles. The Morgan fingerprint density at radius 1 is 1.40 bits per heavy atom. The third-order valence-corrected chi connectivity index (χ3v) is 5.86. The summed E-state index contributed by atoms with van der Waals surface area (Å²) in [6, 6.07) is 4.17. The van der Waals surface area contributed by atoms with Gasteiger partial charge in [0.1, 0.15) is 11.9 Å². The van der Waals surface area contributed by atoms with Gasteiger partial charge in [0.15, 0.2) is 17.8 Å². The van der Waals surface area contributed by atoms with Crippen LogP contribution in [0.3, 0.4) is 0 Å². The van der Waals surface area contributed by atoms with Crippen LogP contribution in [0.5, 0.6) is 0 Å². The summed E-state index contributed by atoms with van der Waals surface area (Å²) in [6.45, 7) is 4.52. The maximum atomic E-state index is 14.7. The predicted octanol–water partition coefficient (Wildman–Crippen LogP) is 3.51. The molecule has 0 spiro atoms. The van der Waals surface area contributed by atoms with Gasteiger partial charge in [-0.15, -0.1) is 0 Å². The highest BCUT2D eigenvalue weighted by Crippen LogP contribution is 2.32. The van der Waals surface area contributed by atoms with Crippen LogP contribution >= 0.6 is 11.6 Å². The van der Waals surface area contributed by atoms with E-state index in [1.807, 2.05) is 6.92 Å². The molecule has 0 aliphatic carbocycles. The number of hydrogen-bond donors (Lipinski definition) is 1. The second-order valence-electron chi connectivity index (χ2n) is 7.60. The van der Waals surface area contributed by atoms with Gasteiger partial charge in [-0.05, 0) is 31.9 Å². The van der Waals surface area contributed by atoms with E-state index in [1.165, 1.54) is 12.5 Å². The summed E-state index contributed by atoms with van der Waals surface area (Å²) in [6.07, 6.45) is 2.69. The van der Waals surface area contributed by atoms with Crippen molar-refractivity contribution in [1.29, 1.82) is 0 Å². The van der Waals surface area contributed by atoms with Crippen molar-refractivity contribution in [2.75, 3.05) is 32.8 Å². The van der Waals surface area contributed by atoms with Crippen molar-refractivity contribution in [1.82, 2.24) is 15.2 Å². The maximum absolute atomic E-state index is 14.7. The third-order valence-electron chi connectivity index (χ3n) is 5.53. The first kappa shape index (κ1) is 21.2. The fraction of sp³-hybridized carbons (Fsp3) is 0.524. The van der Waals surface area contributed by atoms with E-state index in [1.54, 1.807) is 12.1 Å². The van der Waals surface area contributed by atoms with Crippen molar-refractivity contribution < 1.29 is 23.1 Å². The van der Waals surface area contributed by atoms with Gasteiger partial charge in [0.05, 0.1) is 18.8 Å². The minimum Gasteiger partial charge on any atom is -0.445 e. The molecule has 30 heavy (non-hydrogen) atoms. The number of carbonyl (C=O) groups excluding carboxylic acids is 1. The smallest absolute Gasteiger partial charge is 0.273 e. The van der Waals surface area contributed by atoms with Gasteiger partial charge >= 0.3 is 0 Å². The summed E-state index contributed by atoms with van der Waals surface area (Å²) >= 11 is 6.35. The Kier molecular flexibility index (Phi) is 6.67. The Hall–Kier alpha value is -2.00. The van der Waals surface area contributed by atoms with E-state index >= 15 is 0 Å². The molecule has 0 radical (unpaired) electrons. The minimum absolute atomic E-state index is 0.00385. The number of morpholine rings is 1. The lowest BCUT2D eigenvalue weighted by molar-refractivity contribution is -0.0346. The second kappa shape index (κ2) is 9.43. The molecule has 3 atom stereocenters. The molecule has 1 N–H and O–H groups in total. The van der Waals surface area contributed by atoms with Gasteiger partial charge < -0.3 is 19.2 Å². The zero-order valence-electron chi connectivity index (χ0n) is 16.8. The minimum atomic E-state index is -0.438. The van der Waals surface area contributed by atoms with Crippen LogP contribution in [0.1, 0.15) is 53.7 Å². The monoisotopic (exact) mass is 437 g/mol. The van der Waals surface area contributed by atoms with Crippen molar-refractivity contribution in [3.63, 3.8) is 0 Å². The van der Waals surface area contributed by atoms with Gasteiger partial charge in [0.2, 0.25) is 0 Å². The van der Waals surface area contributed by atoms with E-state index in [9.17, 15) is 9.18 Å². The number of halogens is 2. The Morgan fingerprint density at radius 2 is 2.27 bits per heavy atom. The first-order valence-electron chi connectivity index (χ1n) is 10.2. The van der Waals surface area contributed by atoms with Crippen LogP contribution in [0.25, 0.3) is 0 Å². The molecule has 3 heterocycles. The zero-order valence-corrected chi connectivity index (χ0v) is 17.5. The van der Waals surface area contributed by atoms with Crippen molar-refractivity contribution >= 4 is 17.5 Å². The van der Waals surface area contributed by atoms with Crippen LogP contribution in [0.4, 0.5) is 4.39 Å². The van der Waals surface area contributed by atoms with E-state index in [2.05, 4.69) is 15.2 Å². The SMILES string of the molecule is CC1CN(C(CNC(=O)c2ncoc2C2CCCO2)c2c(F)cccc2Cl)CCO1. The third kappa shape index (κ3) is 4.51. The maximum Gasteiger partial charge on any atom is 0.273 e. The molecule has 2 fully saturated rings. The number of benzene rings is 1. The number of hydrogen-bond acceptors (Lipinski definition) is 6. The van der Waals surface area contributed by atoms with Crippen LogP contribution in [0.15, 0.2) is 29.0 Å². The summed E-state index contributed by atoms with van der Waals surface area (Å²) in [5.41, 5.74) is 0.573. The molecule has 2 aliphatic rings. The van der Waals surface area contributed by atoms with Crippen LogP contribution in [0.2, 0.25) is 5.02 Å². The number of amides is 1. The average Bonchev–Trinajstić information content (AvgIpc) is 3.41. The van der Waals surface area contributed by atoms with E-state index in [-0.39, 0.29) is 30.4 Å². The van der Waals surface area contributed by atoms with E-state index in [0.717, 1.165) is 12.8 Å². The molecule has 1 aromatic heterocycles. The highest BCUT2D eigenvalue weighted by Gasteiger charge is 2.32. The molecular weight excluding hydrogens is 413 g/mol. The molecule has 2 aromatic rings. The van der Waals surface area contributed by atoms with Crippen LogP contribution in [-0.4, -0.2) is 54.7 Å². The molecule has 7 nitrogen and oxygen atoms in total. The molecule has 1 aromatic carbocycles. The molecule has 0 saturated carbocycles. The topological polar surface area (TPSA) is 76.8 Å². The summed E-state index contributed by atoms with van der Waals surface area (Å²) in [5.74, 6) is -0.346. The van der Waals surface area contributed by atoms with Gasteiger partial charge in [-0.25, -0.2) is 9.37 Å². The Balaban J connectivity index is 1.54. The highest BCUT2D eigenvalue weighted by atomic mass is 35.5. The second-order valence-corrected chi connectivity index (χ2v) is 8.01. The highest BCUT2D eigenvalue weighted by molar-refractivity contribution is 6.31. The van der Waals surface area contributed by atoms with Gasteiger partial charge in [0, 0.05) is 36.8 Å². The molecule has 2 saturated heterocycles. The van der Waals surface area contributed by atoms with Crippen LogP contribution in [-0.2, 0) is 9.47 Å². The number of rotatable bonds is 6. The number of carbonyl (C=O) groups is 1. The first-order valence-corrected chi connectivity index (χ1v) is 10.5. The quantitative estimate of drug-likeness (QED) is 0.745. The zero-order chi connectivity index (χ0) is 21.1. The summed E-state index contributed by atoms with van der Waals surface area (Å²) in [7, 11) is 0. The van der Waals surface area contributed by atoms with Crippen molar-refractivity contribution in [2.45, 2.75) is 38.0 Å². The van der Waals surface area contributed by atoms with Gasteiger partial charge in [-0.1, -0.05) is 17.7 Å². The van der Waals surface area contributed by atoms with E-state index < -0.39 is 11.9 Å². The molecular formula is C21H25ClFN3O4. The number of oxazole rings is 1. The fourth-order valence-corrected chi connectivity index (χ4v) is 4.37. The van der Waals surface area contributed by atoms with Crippen LogP contribution < -0.4 is 5.32 Å². The number of nitrogens with zero attached hydrogens (tertiary/aromatic N) is 2. The van der Waals surface area contributed by atoms with Crippen LogP contribution in [0, 0.1) is 5.82 Å². The lowest BCUT2D eigenvalue weighted by Gasteiger charge is -2.38. The van der Waals surface area contributed by atoms with Gasteiger partial charge in [-0.2, -0.15) is 0 Å². The van der Waals surface area contributed by atoms with Gasteiger partial charge in [-0.3, -0.25) is 9.69 Å². The molecule has 4 rings (SSSR count). The lowest BCUT2D eigenvalue weighted by atomic mass is 10.0. The Morgan fingerprint density at radius 3 is 3.00 bits per heavy atom. The first-order chi connectivity index (χ1) is 14.5. The molecule has 1 amide bonds. The van der Waals surface area contributed by atoms with E-state index in [0.29, 0.717) is 42.6 Å². The lowest BCUT2D eigenvalue weighted by Crippen LogP contribution is -2.47. The fourth-order valence-electron chi connectivity index (χ4n) is 4.08. The normalized spacial score (nSPS) is 23.4. The van der Waals surface area contributed by atoms with Gasteiger partial charge in [0.25, 0.3) is 5.91 Å². The van der Waals surface area contributed by atoms with Crippen molar-refractivity contribution in [2.24, 2.45) is 0 Å². The molecule has 3 unspecified atom stereocenters. The standard InChI is InChI=1S/C21H25ClFN3O4/c1-13-11-26(7-9-28-13)16(18-14(22)4-2-5-15(18)23)10-24-21(27)19-20(30-12-25-19)17-6-3-8-29-17/h2,4-5,12-13,16-17H,3,6-11H2,1H3,(H,24,27). The van der Waals surface area contributed by atoms with E-state index in [4.69, 9.17) is 25.5 Å². The average molecular weight is 438 g/mol. The summed E-state index contributed by atoms with van der Waals surface area (Å²) < 4.78 is 31.4. The van der Waals surface area contributed by atoms with Crippen molar-refractivity contribution in [3.8, 4) is 0 Å². The Labute approximate surface area is 179 Å². The number of aromatic nitrogens is 1. The predicted molar refractivity (Wildman–Crippen MR) is 108 cm³/mol. The number of nitrogens with one attached hydrogen (secondary N) is 1. The molecule has 9 heteroatoms.